The fourth-order valence-corrected chi connectivity index (χ4v) is 4.59. The van der Waals surface area contributed by atoms with Gasteiger partial charge in [0.05, 0.1) is 12.2 Å². The van der Waals surface area contributed by atoms with Crippen LogP contribution in [0.25, 0.3) is 17.1 Å². The zero-order valence-corrected chi connectivity index (χ0v) is 18.2. The van der Waals surface area contributed by atoms with Gasteiger partial charge in [-0.05, 0) is 49.8 Å². The molecule has 9 heteroatoms. The lowest BCUT2D eigenvalue weighted by Crippen LogP contribution is -2.07. The van der Waals surface area contributed by atoms with Gasteiger partial charge in [-0.25, -0.2) is 4.98 Å². The number of nitrogens with zero attached hydrogens (tertiary/aromatic N) is 3. The number of fused-ring (bicyclic) bond motifs is 1. The van der Waals surface area contributed by atoms with E-state index in [-0.39, 0.29) is 18.5 Å². The Morgan fingerprint density at radius 3 is 2.74 bits per heavy atom. The van der Waals surface area contributed by atoms with Crippen molar-refractivity contribution in [2.24, 2.45) is 0 Å². The van der Waals surface area contributed by atoms with E-state index in [2.05, 4.69) is 4.98 Å². The maximum atomic E-state index is 13.2. The van der Waals surface area contributed by atoms with E-state index in [1.807, 2.05) is 6.07 Å². The zero-order chi connectivity index (χ0) is 22.8. The number of aryl methyl sites for hydroxylation is 1. The molecule has 0 bridgehead atoms. The van der Waals surface area contributed by atoms with Crippen LogP contribution in [0.15, 0.2) is 48.0 Å². The summed E-state index contributed by atoms with van der Waals surface area (Å²) < 4.78 is 59.3. The topological polar surface area (TPSA) is 67.9 Å². The number of allylic oxidation sites excluding steroid dienone is 1. The Morgan fingerprint density at radius 2 is 2.10 bits per heavy atom. The molecule has 0 fully saturated rings. The molecule has 0 saturated heterocycles. The highest BCUT2D eigenvalue weighted by Crippen LogP contribution is 2.51. The van der Waals surface area contributed by atoms with Gasteiger partial charge in [0.25, 0.3) is 0 Å². The van der Waals surface area contributed by atoms with E-state index in [1.54, 1.807) is 49.0 Å². The summed E-state index contributed by atoms with van der Waals surface area (Å²) in [5.74, 6) is 0. The minimum absolute atomic E-state index is 0.00664. The van der Waals surface area contributed by atoms with Gasteiger partial charge in [-0.2, -0.15) is 18.4 Å². The van der Waals surface area contributed by atoms with Crippen molar-refractivity contribution in [1.29, 1.82) is 5.26 Å². The lowest BCUT2D eigenvalue weighted by atomic mass is 10.1. The van der Waals surface area contributed by atoms with Gasteiger partial charge >= 0.3 is 6.18 Å². The highest BCUT2D eigenvalue weighted by molar-refractivity contribution is 7.63. The first kappa shape index (κ1) is 22.8. The molecule has 1 unspecified atom stereocenters. The van der Waals surface area contributed by atoms with Crippen LogP contribution in [-0.4, -0.2) is 22.8 Å². The van der Waals surface area contributed by atoms with Crippen LogP contribution in [0.4, 0.5) is 13.2 Å². The third kappa shape index (κ3) is 5.07. The average Bonchev–Trinajstić information content (AvgIpc) is 3.02. The Kier molecular flexibility index (Phi) is 6.40. The number of pyridine rings is 1. The highest BCUT2D eigenvalue weighted by atomic mass is 31.2. The summed E-state index contributed by atoms with van der Waals surface area (Å²) in [4.78, 5) is 4.35. The number of halogens is 3. The third-order valence-electron chi connectivity index (χ3n) is 4.70. The van der Waals surface area contributed by atoms with E-state index in [1.165, 1.54) is 12.7 Å². The van der Waals surface area contributed by atoms with E-state index in [0.717, 1.165) is 12.1 Å². The Labute approximate surface area is 178 Å². The molecule has 0 saturated carbocycles. The number of aromatic nitrogens is 2. The highest BCUT2D eigenvalue weighted by Gasteiger charge is 2.31. The molecule has 3 rings (SSSR count). The van der Waals surface area contributed by atoms with Gasteiger partial charge < -0.3 is 9.09 Å². The van der Waals surface area contributed by atoms with Crippen LogP contribution >= 0.6 is 7.37 Å². The number of hydrogen-bond acceptors (Lipinski definition) is 4. The number of benzene rings is 1. The van der Waals surface area contributed by atoms with Crippen LogP contribution in [0, 0.1) is 18.3 Å². The van der Waals surface area contributed by atoms with E-state index < -0.39 is 19.1 Å². The summed E-state index contributed by atoms with van der Waals surface area (Å²) >= 11 is 0. The van der Waals surface area contributed by atoms with Gasteiger partial charge in [0.2, 0.25) is 7.37 Å². The molecular formula is C22H21F3N3O2P. The predicted molar refractivity (Wildman–Crippen MR) is 114 cm³/mol. The fraction of sp³-hybridized carbons (Fsp3) is 0.273. The second-order valence-corrected chi connectivity index (χ2v) is 9.63. The summed E-state index contributed by atoms with van der Waals surface area (Å²) in [6.07, 6.45) is 0.333. The molecule has 0 N–H and O–H groups in total. The van der Waals surface area contributed by atoms with Crippen molar-refractivity contribution in [3.8, 4) is 6.07 Å². The summed E-state index contributed by atoms with van der Waals surface area (Å²) in [5, 5.41) is 10.2. The van der Waals surface area contributed by atoms with E-state index >= 15 is 0 Å². The molecule has 0 amide bonds. The fourth-order valence-electron chi connectivity index (χ4n) is 3.40. The Morgan fingerprint density at radius 1 is 1.35 bits per heavy atom. The first-order valence-corrected chi connectivity index (χ1v) is 11.6. The summed E-state index contributed by atoms with van der Waals surface area (Å²) in [6, 6.07) is 9.37. The lowest BCUT2D eigenvalue weighted by molar-refractivity contribution is -0.137. The number of hydrogen-bond donors (Lipinski definition) is 0. The molecule has 5 nitrogen and oxygen atoms in total. The largest absolute Gasteiger partial charge is 0.416 e. The van der Waals surface area contributed by atoms with Gasteiger partial charge in [-0.1, -0.05) is 11.6 Å². The molecular weight excluding hydrogens is 426 g/mol. The molecule has 1 atom stereocenters. The lowest BCUT2D eigenvalue weighted by Gasteiger charge is -2.11. The standard InChI is InChI=1S/C22H21F3N3O2P/c1-4-30-31(3,29)19(12-26)11-17-14-28(21-20(17)6-5-7-27-21)13-16-8-15(2)9-18(10-16)22(23,24)25/h5-11,14H,4,13H2,1-3H3/b19-11+. The van der Waals surface area contributed by atoms with Crippen LogP contribution in [0.5, 0.6) is 0 Å². The van der Waals surface area contributed by atoms with Crippen molar-refractivity contribution in [3.63, 3.8) is 0 Å². The second kappa shape index (κ2) is 8.70. The van der Waals surface area contributed by atoms with Crippen LogP contribution in [0.1, 0.15) is 29.2 Å². The van der Waals surface area contributed by atoms with Crippen LogP contribution in [0.3, 0.4) is 0 Å². The first-order chi connectivity index (χ1) is 14.5. The van der Waals surface area contributed by atoms with Gasteiger partial charge in [0.1, 0.15) is 17.0 Å². The molecule has 3 aromatic rings. The van der Waals surface area contributed by atoms with E-state index in [0.29, 0.717) is 27.7 Å². The predicted octanol–water partition coefficient (Wildman–Crippen LogP) is 6.22. The maximum absolute atomic E-state index is 13.2. The number of rotatable bonds is 6. The zero-order valence-electron chi connectivity index (χ0n) is 17.3. The molecule has 0 aliphatic heterocycles. The number of alkyl halides is 3. The Bertz CT molecular complexity index is 1240. The van der Waals surface area contributed by atoms with Crippen molar-refractivity contribution in [3.05, 3.63) is 70.3 Å². The third-order valence-corrected chi connectivity index (χ3v) is 6.56. The summed E-state index contributed by atoms with van der Waals surface area (Å²) in [5.41, 5.74) is 1.40. The second-order valence-electron chi connectivity index (χ2n) is 7.20. The van der Waals surface area contributed by atoms with Crippen LogP contribution in [0.2, 0.25) is 0 Å². The van der Waals surface area contributed by atoms with Crippen molar-refractivity contribution in [1.82, 2.24) is 9.55 Å². The van der Waals surface area contributed by atoms with Crippen LogP contribution < -0.4 is 0 Å². The van der Waals surface area contributed by atoms with Gasteiger partial charge in [0.15, 0.2) is 0 Å². The van der Waals surface area contributed by atoms with Crippen molar-refractivity contribution in [2.75, 3.05) is 13.3 Å². The molecule has 2 aromatic heterocycles. The van der Waals surface area contributed by atoms with Crippen LogP contribution in [-0.2, 0) is 21.8 Å². The van der Waals surface area contributed by atoms with Crippen molar-refractivity contribution >= 4 is 24.5 Å². The summed E-state index contributed by atoms with van der Waals surface area (Å²) in [7, 11) is -3.29. The average molecular weight is 447 g/mol. The van der Waals surface area contributed by atoms with Gasteiger partial charge in [0, 0.05) is 36.6 Å². The molecule has 1 aromatic carbocycles. The molecule has 162 valence electrons. The van der Waals surface area contributed by atoms with E-state index in [9.17, 15) is 23.0 Å². The van der Waals surface area contributed by atoms with Crippen molar-refractivity contribution in [2.45, 2.75) is 26.6 Å². The molecule has 0 aliphatic carbocycles. The van der Waals surface area contributed by atoms with E-state index in [4.69, 9.17) is 4.52 Å². The number of nitriles is 1. The van der Waals surface area contributed by atoms with Crippen molar-refractivity contribution < 1.29 is 22.3 Å². The van der Waals surface area contributed by atoms with Gasteiger partial charge in [-0.15, -0.1) is 0 Å². The monoisotopic (exact) mass is 447 g/mol. The normalized spacial score (nSPS) is 14.4. The Hall–Kier alpha value is -2.88. The maximum Gasteiger partial charge on any atom is 0.416 e. The Balaban J connectivity index is 2.09. The van der Waals surface area contributed by atoms with Gasteiger partial charge in [-0.3, -0.25) is 4.57 Å². The first-order valence-electron chi connectivity index (χ1n) is 9.51. The minimum Gasteiger partial charge on any atom is -0.327 e. The molecule has 0 aliphatic rings. The SMILES string of the molecule is CCOP(C)(=O)/C(C#N)=C/c1cn(Cc2cc(C)cc(C(F)(F)F)c2)c2ncccc12. The molecule has 2 heterocycles. The molecule has 31 heavy (non-hydrogen) atoms. The molecule has 0 spiro atoms. The summed E-state index contributed by atoms with van der Waals surface area (Å²) in [6.45, 7) is 5.05. The quantitative estimate of drug-likeness (QED) is 0.332. The molecule has 0 radical (unpaired) electrons. The minimum atomic E-state index is -4.44. The smallest absolute Gasteiger partial charge is 0.327 e.